The Morgan fingerprint density at radius 2 is 1.93 bits per heavy atom. The molecule has 2 aromatic carbocycles. The minimum absolute atomic E-state index is 0.0188. The van der Waals surface area contributed by atoms with Gasteiger partial charge in [0.1, 0.15) is 0 Å². The summed E-state index contributed by atoms with van der Waals surface area (Å²) in [4.78, 5) is 31.2. The van der Waals surface area contributed by atoms with E-state index in [2.05, 4.69) is 11.1 Å². The normalized spacial score (nSPS) is 15.1. The summed E-state index contributed by atoms with van der Waals surface area (Å²) < 4.78 is 5.34. The van der Waals surface area contributed by atoms with Gasteiger partial charge < -0.3 is 15.4 Å². The van der Waals surface area contributed by atoms with Crippen molar-refractivity contribution in [1.82, 2.24) is 9.88 Å². The molecular weight excluding hydrogens is 386 g/mol. The molecule has 1 aliphatic heterocycles. The molecule has 1 aromatic heterocycles. The minimum atomic E-state index is -0.448. The van der Waals surface area contributed by atoms with Crippen LogP contribution in [-0.2, 0) is 11.2 Å². The molecule has 2 amide bonds. The highest BCUT2D eigenvalue weighted by Crippen LogP contribution is 2.41. The van der Waals surface area contributed by atoms with E-state index in [0.29, 0.717) is 43.9 Å². The lowest BCUT2D eigenvalue weighted by molar-refractivity contribution is 0.0303. The van der Waals surface area contributed by atoms with Crippen molar-refractivity contribution in [3.05, 3.63) is 63.5 Å². The van der Waals surface area contributed by atoms with E-state index in [1.807, 2.05) is 34.5 Å². The molecule has 0 atom stereocenters. The van der Waals surface area contributed by atoms with Crippen LogP contribution in [0.5, 0.6) is 0 Å². The van der Waals surface area contributed by atoms with Crippen LogP contribution in [0.1, 0.15) is 31.8 Å². The van der Waals surface area contributed by atoms with Gasteiger partial charge in [-0.05, 0) is 52.9 Å². The molecule has 7 heteroatoms. The number of hydrogen-bond donors (Lipinski definition) is 1. The van der Waals surface area contributed by atoms with Crippen molar-refractivity contribution in [1.29, 1.82) is 0 Å². The first-order valence-electron chi connectivity index (χ1n) is 9.47. The molecular formula is C22H19N3O3S. The molecule has 6 nitrogen and oxygen atoms in total. The van der Waals surface area contributed by atoms with Gasteiger partial charge in [-0.2, -0.15) is 0 Å². The zero-order valence-electron chi connectivity index (χ0n) is 15.7. The first-order chi connectivity index (χ1) is 14.1. The van der Waals surface area contributed by atoms with Crippen molar-refractivity contribution in [3.63, 3.8) is 0 Å². The number of carbonyl (C=O) groups excluding carboxylic acids is 2. The van der Waals surface area contributed by atoms with E-state index < -0.39 is 5.91 Å². The lowest BCUT2D eigenvalue weighted by Crippen LogP contribution is -2.40. The third kappa shape index (κ3) is 3.12. The molecule has 1 aliphatic carbocycles. The lowest BCUT2D eigenvalue weighted by Gasteiger charge is -2.27. The Morgan fingerprint density at radius 3 is 2.66 bits per heavy atom. The lowest BCUT2D eigenvalue weighted by atomic mass is 9.96. The summed E-state index contributed by atoms with van der Waals surface area (Å²) in [5, 5.41) is 1.95. The molecule has 2 aliphatic rings. The Bertz CT molecular complexity index is 1120. The number of nitrogens with zero attached hydrogens (tertiary/aromatic N) is 2. The van der Waals surface area contributed by atoms with Gasteiger partial charge in [-0.1, -0.05) is 6.07 Å². The molecule has 0 spiro atoms. The number of primary amides is 1. The topological polar surface area (TPSA) is 85.5 Å². The molecule has 29 heavy (non-hydrogen) atoms. The van der Waals surface area contributed by atoms with E-state index in [9.17, 15) is 9.59 Å². The number of aromatic nitrogens is 1. The fourth-order valence-corrected chi connectivity index (χ4v) is 4.66. The molecule has 0 unspecified atom stereocenters. The average Bonchev–Trinajstić information content (AvgIpc) is 3.40. The van der Waals surface area contributed by atoms with Crippen molar-refractivity contribution >= 4 is 23.2 Å². The van der Waals surface area contributed by atoms with Crippen LogP contribution >= 0.6 is 11.3 Å². The second-order valence-electron chi connectivity index (χ2n) is 7.24. The van der Waals surface area contributed by atoms with Crippen LogP contribution in [0.3, 0.4) is 0 Å². The zero-order chi connectivity index (χ0) is 20.0. The summed E-state index contributed by atoms with van der Waals surface area (Å²) in [6.45, 7) is 2.37. The molecule has 1 saturated heterocycles. The first-order valence-corrected chi connectivity index (χ1v) is 10.4. The monoisotopic (exact) mass is 405 g/mol. The number of amides is 2. The van der Waals surface area contributed by atoms with Gasteiger partial charge in [-0.25, -0.2) is 4.98 Å². The summed E-state index contributed by atoms with van der Waals surface area (Å²) >= 11 is 1.51. The number of carbonyl (C=O) groups is 2. The Balaban J connectivity index is 1.56. The predicted molar refractivity (Wildman–Crippen MR) is 111 cm³/mol. The van der Waals surface area contributed by atoms with Gasteiger partial charge in [-0.15, -0.1) is 11.3 Å². The number of hydrogen-bond acceptors (Lipinski definition) is 5. The Kier molecular flexibility index (Phi) is 4.41. The van der Waals surface area contributed by atoms with Gasteiger partial charge in [-0.3, -0.25) is 9.59 Å². The Hall–Kier alpha value is -3.03. The van der Waals surface area contributed by atoms with Crippen molar-refractivity contribution < 1.29 is 14.3 Å². The van der Waals surface area contributed by atoms with Crippen LogP contribution in [0.15, 0.2) is 41.2 Å². The molecule has 5 rings (SSSR count). The number of morpholine rings is 1. The fourth-order valence-electron chi connectivity index (χ4n) is 4.10. The molecule has 0 saturated carbocycles. The van der Waals surface area contributed by atoms with Crippen LogP contribution in [0.4, 0.5) is 0 Å². The number of benzene rings is 2. The van der Waals surface area contributed by atoms with Crippen molar-refractivity contribution in [2.24, 2.45) is 5.73 Å². The number of ether oxygens (including phenoxy) is 1. The quantitative estimate of drug-likeness (QED) is 0.568. The molecule has 0 radical (unpaired) electrons. The van der Waals surface area contributed by atoms with E-state index in [4.69, 9.17) is 10.5 Å². The molecule has 146 valence electrons. The minimum Gasteiger partial charge on any atom is -0.378 e. The van der Waals surface area contributed by atoms with Crippen LogP contribution in [-0.4, -0.2) is 48.0 Å². The number of rotatable bonds is 3. The molecule has 1 fully saturated rings. The van der Waals surface area contributed by atoms with Crippen molar-refractivity contribution in [3.8, 4) is 22.4 Å². The summed E-state index contributed by atoms with van der Waals surface area (Å²) in [7, 11) is 0. The summed E-state index contributed by atoms with van der Waals surface area (Å²) in [5.41, 5.74) is 14.3. The molecule has 0 bridgehead atoms. The highest BCUT2D eigenvalue weighted by molar-refractivity contribution is 7.07. The predicted octanol–water partition coefficient (Wildman–Crippen LogP) is 2.95. The van der Waals surface area contributed by atoms with Crippen LogP contribution in [0.25, 0.3) is 22.4 Å². The number of thiazole rings is 1. The van der Waals surface area contributed by atoms with Gasteiger partial charge >= 0.3 is 0 Å². The summed E-state index contributed by atoms with van der Waals surface area (Å²) in [6, 6.07) is 9.67. The smallest absolute Gasteiger partial charge is 0.254 e. The van der Waals surface area contributed by atoms with E-state index in [0.717, 1.165) is 33.5 Å². The third-order valence-electron chi connectivity index (χ3n) is 5.55. The van der Waals surface area contributed by atoms with Crippen molar-refractivity contribution in [2.45, 2.75) is 6.42 Å². The first kappa shape index (κ1) is 18.0. The highest BCUT2D eigenvalue weighted by atomic mass is 32.1. The SMILES string of the molecule is NC(=O)c1cc(-c2cscn2)cc2c1Cc1cc(C(=O)N3CCOCC3)ccc1-2. The summed E-state index contributed by atoms with van der Waals surface area (Å²) in [6.07, 6.45) is 0.588. The van der Waals surface area contributed by atoms with Crippen molar-refractivity contribution in [2.75, 3.05) is 26.3 Å². The van der Waals surface area contributed by atoms with E-state index in [1.165, 1.54) is 11.3 Å². The van der Waals surface area contributed by atoms with E-state index >= 15 is 0 Å². The van der Waals surface area contributed by atoms with Gasteiger partial charge in [0.25, 0.3) is 5.91 Å². The van der Waals surface area contributed by atoms with Gasteiger partial charge in [0.05, 0.1) is 24.4 Å². The van der Waals surface area contributed by atoms with Gasteiger partial charge in [0, 0.05) is 35.2 Å². The second kappa shape index (κ2) is 7.09. The maximum Gasteiger partial charge on any atom is 0.254 e. The second-order valence-corrected chi connectivity index (χ2v) is 7.96. The van der Waals surface area contributed by atoms with Gasteiger partial charge in [0.2, 0.25) is 5.91 Å². The Labute approximate surface area is 171 Å². The molecule has 2 heterocycles. The van der Waals surface area contributed by atoms with Crippen LogP contribution < -0.4 is 5.73 Å². The molecule has 2 N–H and O–H groups in total. The van der Waals surface area contributed by atoms with E-state index in [-0.39, 0.29) is 5.91 Å². The van der Waals surface area contributed by atoms with Crippen LogP contribution in [0, 0.1) is 0 Å². The number of nitrogens with two attached hydrogens (primary N) is 1. The third-order valence-corrected chi connectivity index (χ3v) is 6.14. The molecule has 3 aromatic rings. The standard InChI is InChI=1S/C22H19N3O3S/c23-21(26)19-10-15(20-11-29-12-24-20)9-17-16-2-1-13(7-14(16)8-18(17)19)22(27)25-3-5-28-6-4-25/h1-2,7,9-12H,3-6,8H2,(H2,23,26). The maximum absolute atomic E-state index is 12.8. The van der Waals surface area contributed by atoms with Crippen LogP contribution in [0.2, 0.25) is 0 Å². The largest absolute Gasteiger partial charge is 0.378 e. The Morgan fingerprint density at radius 1 is 1.10 bits per heavy atom. The van der Waals surface area contributed by atoms with Gasteiger partial charge in [0.15, 0.2) is 0 Å². The summed E-state index contributed by atoms with van der Waals surface area (Å²) in [5.74, 6) is -0.430. The fraction of sp³-hybridized carbons (Fsp3) is 0.227. The maximum atomic E-state index is 12.8. The average molecular weight is 405 g/mol. The van der Waals surface area contributed by atoms with E-state index in [1.54, 1.807) is 5.51 Å². The zero-order valence-corrected chi connectivity index (χ0v) is 16.5. The number of fused-ring (bicyclic) bond motifs is 3. The highest BCUT2D eigenvalue weighted by Gasteiger charge is 2.27.